The molecule has 1 aliphatic rings. The number of rotatable bonds is 3. The van der Waals surface area contributed by atoms with E-state index in [0.29, 0.717) is 17.9 Å². The first-order valence-corrected chi connectivity index (χ1v) is 5.20. The molecule has 1 aliphatic heterocycles. The molecule has 0 spiro atoms. The molecule has 1 saturated heterocycles. The molecule has 0 bridgehead atoms. The van der Waals surface area contributed by atoms with Crippen LogP contribution in [0.4, 0.5) is 8.78 Å². The Bertz CT molecular complexity index is 207. The molecule has 1 atom stereocenters. The van der Waals surface area contributed by atoms with Crippen LogP contribution in [0, 0.1) is 5.41 Å². The van der Waals surface area contributed by atoms with Gasteiger partial charge in [0.2, 0.25) is 5.92 Å². The number of carbonyl (C=O) groups is 1. The third-order valence-corrected chi connectivity index (χ3v) is 3.46. The number of carboxylic acids is 1. The molecule has 0 aliphatic carbocycles. The summed E-state index contributed by atoms with van der Waals surface area (Å²) >= 11 is 1.44. The maximum atomic E-state index is 12.7. The maximum absolute atomic E-state index is 12.7. The van der Waals surface area contributed by atoms with Crippen LogP contribution >= 0.6 is 11.8 Å². The van der Waals surface area contributed by atoms with Crippen molar-refractivity contribution in [1.82, 2.24) is 0 Å². The fraction of sp³-hybridized carbons (Fsp3) is 0.875. The molecule has 1 N–H and O–H groups in total. The Kier molecular flexibility index (Phi) is 2.85. The number of alkyl halides is 2. The standard InChI is InChI=1S/C8H12F2O2S/c1-7(9,10)4-8(6(11)12)2-3-13-5-8/h2-5H2,1H3,(H,11,12). The summed E-state index contributed by atoms with van der Waals surface area (Å²) in [6.45, 7) is 0.778. The highest BCUT2D eigenvalue weighted by Gasteiger charge is 2.47. The summed E-state index contributed by atoms with van der Waals surface area (Å²) in [5, 5.41) is 8.88. The average molecular weight is 210 g/mol. The molecular weight excluding hydrogens is 198 g/mol. The average Bonchev–Trinajstić information content (AvgIpc) is 2.33. The van der Waals surface area contributed by atoms with Crippen LogP contribution in [0.25, 0.3) is 0 Å². The molecule has 1 unspecified atom stereocenters. The van der Waals surface area contributed by atoms with E-state index < -0.39 is 23.7 Å². The lowest BCUT2D eigenvalue weighted by Crippen LogP contribution is -2.36. The van der Waals surface area contributed by atoms with Crippen LogP contribution in [0.3, 0.4) is 0 Å². The molecule has 1 heterocycles. The Balaban J connectivity index is 2.74. The largest absolute Gasteiger partial charge is 0.481 e. The van der Waals surface area contributed by atoms with Gasteiger partial charge < -0.3 is 5.11 Å². The lowest BCUT2D eigenvalue weighted by molar-refractivity contribution is -0.152. The highest BCUT2D eigenvalue weighted by molar-refractivity contribution is 7.99. The molecule has 0 radical (unpaired) electrons. The van der Waals surface area contributed by atoms with Gasteiger partial charge in [-0.1, -0.05) is 0 Å². The zero-order chi connectivity index (χ0) is 10.1. The monoisotopic (exact) mass is 210 g/mol. The first kappa shape index (κ1) is 10.8. The van der Waals surface area contributed by atoms with Crippen molar-refractivity contribution in [2.24, 2.45) is 5.41 Å². The van der Waals surface area contributed by atoms with Crippen LogP contribution in [0.5, 0.6) is 0 Å². The van der Waals surface area contributed by atoms with Crippen LogP contribution in [-0.4, -0.2) is 28.5 Å². The van der Waals surface area contributed by atoms with Gasteiger partial charge in [-0.15, -0.1) is 0 Å². The summed E-state index contributed by atoms with van der Waals surface area (Å²) < 4.78 is 25.4. The second-order valence-corrected chi connectivity index (χ2v) is 4.74. The minimum atomic E-state index is -2.89. The van der Waals surface area contributed by atoms with Crippen LogP contribution in [-0.2, 0) is 4.79 Å². The normalized spacial score (nSPS) is 29.2. The van der Waals surface area contributed by atoms with Gasteiger partial charge in [-0.2, -0.15) is 11.8 Å². The quantitative estimate of drug-likeness (QED) is 0.776. The van der Waals surface area contributed by atoms with Crippen molar-refractivity contribution in [2.45, 2.75) is 25.7 Å². The van der Waals surface area contributed by atoms with E-state index in [1.807, 2.05) is 0 Å². The van der Waals surface area contributed by atoms with Gasteiger partial charge in [-0.3, -0.25) is 4.79 Å². The third-order valence-electron chi connectivity index (χ3n) is 2.21. The van der Waals surface area contributed by atoms with Crippen molar-refractivity contribution in [3.05, 3.63) is 0 Å². The lowest BCUT2D eigenvalue weighted by Gasteiger charge is -2.25. The van der Waals surface area contributed by atoms with Crippen molar-refractivity contribution in [3.63, 3.8) is 0 Å². The molecule has 13 heavy (non-hydrogen) atoms. The summed E-state index contributed by atoms with van der Waals surface area (Å²) in [7, 11) is 0. The Morgan fingerprint density at radius 2 is 2.31 bits per heavy atom. The number of halogens is 2. The molecule has 2 nitrogen and oxygen atoms in total. The highest BCUT2D eigenvalue weighted by atomic mass is 32.2. The van der Waals surface area contributed by atoms with Gasteiger partial charge in [-0.25, -0.2) is 8.78 Å². The maximum Gasteiger partial charge on any atom is 0.310 e. The minimum absolute atomic E-state index is 0.311. The van der Waals surface area contributed by atoms with Crippen LogP contribution < -0.4 is 0 Å². The van der Waals surface area contributed by atoms with Crippen LogP contribution in [0.15, 0.2) is 0 Å². The summed E-state index contributed by atoms with van der Waals surface area (Å²) in [6, 6.07) is 0. The van der Waals surface area contributed by atoms with E-state index in [1.165, 1.54) is 11.8 Å². The zero-order valence-electron chi connectivity index (χ0n) is 7.35. The van der Waals surface area contributed by atoms with Gasteiger partial charge in [-0.05, 0) is 19.1 Å². The van der Waals surface area contributed by atoms with E-state index in [4.69, 9.17) is 5.11 Å². The second-order valence-electron chi connectivity index (χ2n) is 3.64. The first-order chi connectivity index (χ1) is 5.86. The molecular formula is C8H12F2O2S. The minimum Gasteiger partial charge on any atom is -0.481 e. The summed E-state index contributed by atoms with van der Waals surface area (Å²) in [5.41, 5.74) is -1.19. The first-order valence-electron chi connectivity index (χ1n) is 4.05. The Morgan fingerprint density at radius 1 is 1.69 bits per heavy atom. The molecule has 1 fully saturated rings. The Labute approximate surface area is 79.7 Å². The third kappa shape index (κ3) is 2.56. The van der Waals surface area contributed by atoms with Gasteiger partial charge in [0.15, 0.2) is 0 Å². The van der Waals surface area contributed by atoms with Crippen molar-refractivity contribution in [3.8, 4) is 0 Å². The predicted molar refractivity (Wildman–Crippen MR) is 47.2 cm³/mol. The van der Waals surface area contributed by atoms with Gasteiger partial charge in [0.25, 0.3) is 0 Å². The number of hydrogen-bond acceptors (Lipinski definition) is 2. The van der Waals surface area contributed by atoms with Gasteiger partial charge in [0.1, 0.15) is 0 Å². The summed E-state index contributed by atoms with van der Waals surface area (Å²) in [4.78, 5) is 10.9. The predicted octanol–water partition coefficient (Wildman–Crippen LogP) is 2.24. The van der Waals surface area contributed by atoms with E-state index in [0.717, 1.165) is 6.92 Å². The molecule has 76 valence electrons. The second kappa shape index (κ2) is 3.44. The van der Waals surface area contributed by atoms with E-state index in [-0.39, 0.29) is 0 Å². The van der Waals surface area contributed by atoms with Gasteiger partial charge in [0.05, 0.1) is 5.41 Å². The smallest absolute Gasteiger partial charge is 0.310 e. The van der Waals surface area contributed by atoms with Crippen LogP contribution in [0.2, 0.25) is 0 Å². The Hall–Kier alpha value is -0.320. The van der Waals surface area contributed by atoms with E-state index >= 15 is 0 Å². The molecule has 0 aromatic rings. The molecule has 0 aromatic carbocycles. The number of thioether (sulfide) groups is 1. The molecule has 0 aromatic heterocycles. The van der Waals surface area contributed by atoms with E-state index in [2.05, 4.69) is 0 Å². The number of aliphatic carboxylic acids is 1. The number of hydrogen-bond donors (Lipinski definition) is 1. The lowest BCUT2D eigenvalue weighted by atomic mass is 9.82. The van der Waals surface area contributed by atoms with Crippen LogP contribution in [0.1, 0.15) is 19.8 Å². The van der Waals surface area contributed by atoms with E-state index in [1.54, 1.807) is 0 Å². The number of carboxylic acid groups (broad SMARTS) is 1. The molecule has 5 heteroatoms. The summed E-state index contributed by atoms with van der Waals surface area (Å²) in [6.07, 6.45) is -0.182. The van der Waals surface area contributed by atoms with Crippen molar-refractivity contribution in [1.29, 1.82) is 0 Å². The fourth-order valence-electron chi connectivity index (χ4n) is 1.59. The Morgan fingerprint density at radius 3 is 2.62 bits per heavy atom. The SMILES string of the molecule is CC(F)(F)CC1(C(=O)O)CCSC1. The van der Waals surface area contributed by atoms with Crippen molar-refractivity contribution >= 4 is 17.7 Å². The van der Waals surface area contributed by atoms with Crippen molar-refractivity contribution in [2.75, 3.05) is 11.5 Å². The topological polar surface area (TPSA) is 37.3 Å². The fourth-order valence-corrected chi connectivity index (χ4v) is 3.03. The molecule has 1 rings (SSSR count). The van der Waals surface area contributed by atoms with Gasteiger partial charge >= 0.3 is 5.97 Å². The molecule has 0 saturated carbocycles. The van der Waals surface area contributed by atoms with Crippen molar-refractivity contribution < 1.29 is 18.7 Å². The highest BCUT2D eigenvalue weighted by Crippen LogP contribution is 2.43. The van der Waals surface area contributed by atoms with E-state index in [9.17, 15) is 13.6 Å². The summed E-state index contributed by atoms with van der Waals surface area (Å²) in [5.74, 6) is -2.99. The van der Waals surface area contributed by atoms with Gasteiger partial charge in [0, 0.05) is 12.2 Å². The molecule has 0 amide bonds. The zero-order valence-corrected chi connectivity index (χ0v) is 8.16.